The maximum atomic E-state index is 2.30. The molecule has 1 rings (SSSR count). The van der Waals surface area contributed by atoms with E-state index in [0.717, 1.165) is 13.0 Å². The fourth-order valence-electron chi connectivity index (χ4n) is 1.72. The number of benzene rings is 1. The van der Waals surface area contributed by atoms with E-state index < -0.39 is 0 Å². The van der Waals surface area contributed by atoms with Gasteiger partial charge in [-0.3, -0.25) is 0 Å². The van der Waals surface area contributed by atoms with E-state index in [0.29, 0.717) is 6.04 Å². The van der Waals surface area contributed by atoms with Crippen LogP contribution in [0.1, 0.15) is 6.99 Å². The molecule has 0 aliphatic rings. The maximum Gasteiger partial charge on any atom is 1.00 e. The molecule has 0 radical (unpaired) electrons. The summed E-state index contributed by atoms with van der Waals surface area (Å²) in [6.07, 6.45) is 1.12. The molecule has 0 saturated carbocycles. The molecule has 1 aromatic carbocycles. The molecule has 0 bridgehead atoms. The van der Waals surface area contributed by atoms with Crippen molar-refractivity contribution in [3.63, 3.8) is 0 Å². The molecule has 0 spiro atoms. The van der Waals surface area contributed by atoms with Gasteiger partial charge >= 0.3 is 18.9 Å². The average Bonchev–Trinajstić information content (AvgIpc) is 2.17. The van der Waals surface area contributed by atoms with Crippen LogP contribution in [0.4, 0.5) is 0 Å². The SMILES string of the molecule is CN(C)CC(Cc1ccccc1)N(C)C.[H-].[Li+]. The van der Waals surface area contributed by atoms with Crippen molar-refractivity contribution in [1.82, 2.24) is 9.80 Å². The minimum Gasteiger partial charge on any atom is -1.00 e. The molecule has 1 unspecified atom stereocenters. The third-order valence-corrected chi connectivity index (χ3v) is 2.62. The number of nitrogens with zero attached hydrogens (tertiary/aromatic N) is 2. The van der Waals surface area contributed by atoms with Gasteiger partial charge < -0.3 is 11.2 Å². The predicted molar refractivity (Wildman–Crippen MR) is 67.3 cm³/mol. The first kappa shape index (κ1) is 15.7. The molecular weight excluding hydrogens is 191 g/mol. The van der Waals surface area contributed by atoms with Crippen molar-refractivity contribution < 1.29 is 20.3 Å². The van der Waals surface area contributed by atoms with Crippen LogP contribution in [0.2, 0.25) is 0 Å². The average molecular weight is 214 g/mol. The molecule has 0 N–H and O–H groups in total. The van der Waals surface area contributed by atoms with Gasteiger partial charge in [0.1, 0.15) is 0 Å². The van der Waals surface area contributed by atoms with Gasteiger partial charge in [0.15, 0.2) is 0 Å². The smallest absolute Gasteiger partial charge is 1.00 e. The molecule has 0 saturated heterocycles. The standard InChI is InChI=1S/C13H22N2.Li.H/c1-14(2)11-13(15(3)4)10-12-8-6-5-7-9-12;;/h5-9,13H,10-11H2,1-4H3;;/q;+1;-1. The fraction of sp³-hybridized carbons (Fsp3) is 0.538. The summed E-state index contributed by atoms with van der Waals surface area (Å²) in [5.74, 6) is 0. The van der Waals surface area contributed by atoms with E-state index in [4.69, 9.17) is 0 Å². The van der Waals surface area contributed by atoms with Gasteiger partial charge in [0.2, 0.25) is 0 Å². The zero-order valence-electron chi connectivity index (χ0n) is 12.3. The van der Waals surface area contributed by atoms with Crippen LogP contribution in [-0.4, -0.2) is 50.6 Å². The van der Waals surface area contributed by atoms with Crippen molar-refractivity contribution in [3.05, 3.63) is 35.9 Å². The number of rotatable bonds is 5. The predicted octanol–water partition coefficient (Wildman–Crippen LogP) is -1.16. The third kappa shape index (κ3) is 5.72. The third-order valence-electron chi connectivity index (χ3n) is 2.62. The Balaban J connectivity index is 0. The van der Waals surface area contributed by atoms with Crippen LogP contribution in [0.15, 0.2) is 30.3 Å². The Kier molecular flexibility index (Phi) is 7.79. The Morgan fingerprint density at radius 2 is 1.62 bits per heavy atom. The van der Waals surface area contributed by atoms with Gasteiger partial charge in [0.25, 0.3) is 0 Å². The second kappa shape index (κ2) is 7.92. The van der Waals surface area contributed by atoms with Crippen molar-refractivity contribution in [2.45, 2.75) is 12.5 Å². The van der Waals surface area contributed by atoms with Crippen molar-refractivity contribution in [1.29, 1.82) is 0 Å². The van der Waals surface area contributed by atoms with Gasteiger partial charge in [0.05, 0.1) is 0 Å². The van der Waals surface area contributed by atoms with E-state index in [2.05, 4.69) is 68.3 Å². The first-order chi connectivity index (χ1) is 7.09. The van der Waals surface area contributed by atoms with Crippen LogP contribution >= 0.6 is 0 Å². The van der Waals surface area contributed by atoms with Gasteiger partial charge in [-0.1, -0.05) is 30.3 Å². The summed E-state index contributed by atoms with van der Waals surface area (Å²) in [7, 11) is 8.55. The number of likely N-dealkylation sites (N-methyl/N-ethyl adjacent to an activating group) is 2. The second-order valence-electron chi connectivity index (χ2n) is 4.57. The largest absolute Gasteiger partial charge is 1.00 e. The summed E-state index contributed by atoms with van der Waals surface area (Å²) in [6, 6.07) is 11.3. The van der Waals surface area contributed by atoms with Crippen LogP contribution in [0.25, 0.3) is 0 Å². The van der Waals surface area contributed by atoms with E-state index in [9.17, 15) is 0 Å². The molecule has 1 atom stereocenters. The van der Waals surface area contributed by atoms with Gasteiger partial charge in [-0.25, -0.2) is 0 Å². The Labute approximate surface area is 113 Å². The summed E-state index contributed by atoms with van der Waals surface area (Å²) in [4.78, 5) is 4.54. The Morgan fingerprint density at radius 3 is 2.06 bits per heavy atom. The van der Waals surface area contributed by atoms with Crippen LogP contribution in [-0.2, 0) is 6.42 Å². The van der Waals surface area contributed by atoms with E-state index in [1.54, 1.807) is 0 Å². The summed E-state index contributed by atoms with van der Waals surface area (Å²) < 4.78 is 0. The molecule has 0 aliphatic carbocycles. The quantitative estimate of drug-likeness (QED) is 0.570. The van der Waals surface area contributed by atoms with Crippen molar-refractivity contribution in [3.8, 4) is 0 Å². The first-order valence-electron chi connectivity index (χ1n) is 5.44. The van der Waals surface area contributed by atoms with E-state index in [1.165, 1.54) is 5.56 Å². The molecule has 3 heteroatoms. The van der Waals surface area contributed by atoms with Gasteiger partial charge in [-0.2, -0.15) is 0 Å². The molecule has 0 fully saturated rings. The van der Waals surface area contributed by atoms with E-state index in [1.807, 2.05) is 0 Å². The van der Waals surface area contributed by atoms with Crippen LogP contribution in [0.5, 0.6) is 0 Å². The van der Waals surface area contributed by atoms with Gasteiger partial charge in [0, 0.05) is 12.6 Å². The van der Waals surface area contributed by atoms with Crippen molar-refractivity contribution >= 4 is 0 Å². The number of hydrogen-bond donors (Lipinski definition) is 0. The molecule has 1 aromatic rings. The van der Waals surface area contributed by atoms with Crippen molar-refractivity contribution in [2.75, 3.05) is 34.7 Å². The van der Waals surface area contributed by atoms with Crippen LogP contribution in [0, 0.1) is 0 Å². The fourth-order valence-corrected chi connectivity index (χ4v) is 1.72. The van der Waals surface area contributed by atoms with E-state index >= 15 is 0 Å². The maximum absolute atomic E-state index is 2.30. The Hall–Kier alpha value is -0.263. The molecule has 0 amide bonds. The first-order valence-corrected chi connectivity index (χ1v) is 5.44. The minimum atomic E-state index is 0. The molecular formula is C13H23LiN2. The zero-order chi connectivity index (χ0) is 11.3. The Bertz CT molecular complexity index is 278. The monoisotopic (exact) mass is 214 g/mol. The van der Waals surface area contributed by atoms with Gasteiger partial charge in [-0.05, 0) is 40.2 Å². The summed E-state index contributed by atoms with van der Waals surface area (Å²) in [6.45, 7) is 1.10. The topological polar surface area (TPSA) is 6.48 Å². The zero-order valence-corrected chi connectivity index (χ0v) is 11.3. The summed E-state index contributed by atoms with van der Waals surface area (Å²) in [5.41, 5.74) is 1.41. The minimum absolute atomic E-state index is 0. The molecule has 86 valence electrons. The molecule has 0 aliphatic heterocycles. The molecule has 0 heterocycles. The molecule has 0 aromatic heterocycles. The summed E-state index contributed by atoms with van der Waals surface area (Å²) >= 11 is 0. The van der Waals surface area contributed by atoms with Crippen molar-refractivity contribution in [2.24, 2.45) is 0 Å². The molecule has 16 heavy (non-hydrogen) atoms. The van der Waals surface area contributed by atoms with Crippen LogP contribution < -0.4 is 18.9 Å². The Morgan fingerprint density at radius 1 is 1.06 bits per heavy atom. The van der Waals surface area contributed by atoms with E-state index in [-0.39, 0.29) is 20.3 Å². The normalized spacial score (nSPS) is 12.6. The summed E-state index contributed by atoms with van der Waals surface area (Å²) in [5, 5.41) is 0. The molecule has 2 nitrogen and oxygen atoms in total. The van der Waals surface area contributed by atoms with Gasteiger partial charge in [-0.15, -0.1) is 0 Å². The number of hydrogen-bond acceptors (Lipinski definition) is 2. The second-order valence-corrected chi connectivity index (χ2v) is 4.57. The van der Waals surface area contributed by atoms with Crippen LogP contribution in [0.3, 0.4) is 0 Å².